The molecule has 0 aliphatic heterocycles. The number of alkyl halides is 1. The first kappa shape index (κ1) is 12.5. The lowest BCUT2D eigenvalue weighted by molar-refractivity contribution is 0.490. The molecule has 4 nitrogen and oxygen atoms in total. The van der Waals surface area contributed by atoms with Gasteiger partial charge in [-0.2, -0.15) is 9.57 Å². The van der Waals surface area contributed by atoms with Crippen LogP contribution in [0.25, 0.3) is 0 Å². The number of nitriles is 1. The van der Waals surface area contributed by atoms with Gasteiger partial charge in [0.15, 0.2) is 0 Å². The molecular formula is C8H9ClN2O2S2. The molecule has 0 saturated carbocycles. The van der Waals surface area contributed by atoms with Gasteiger partial charge in [0.2, 0.25) is 0 Å². The molecule has 1 aromatic rings. The van der Waals surface area contributed by atoms with E-state index >= 15 is 0 Å². The van der Waals surface area contributed by atoms with E-state index < -0.39 is 10.0 Å². The SMILES string of the molecule is CN(CCCl)S(=O)(=O)c1ccc(C#N)s1. The van der Waals surface area contributed by atoms with Crippen LogP contribution in [-0.4, -0.2) is 32.2 Å². The third kappa shape index (κ3) is 2.69. The summed E-state index contributed by atoms with van der Waals surface area (Å²) in [6, 6.07) is 4.83. The van der Waals surface area contributed by atoms with Gasteiger partial charge in [0, 0.05) is 19.5 Å². The first-order valence-corrected chi connectivity index (χ1v) is 6.83. The van der Waals surface area contributed by atoms with Gasteiger partial charge in [-0.05, 0) is 12.1 Å². The van der Waals surface area contributed by atoms with Crippen molar-refractivity contribution in [2.45, 2.75) is 4.21 Å². The largest absolute Gasteiger partial charge is 0.252 e. The molecule has 0 saturated heterocycles. The number of sulfonamides is 1. The maximum absolute atomic E-state index is 11.8. The van der Waals surface area contributed by atoms with E-state index in [-0.39, 0.29) is 16.6 Å². The fraction of sp³-hybridized carbons (Fsp3) is 0.375. The highest BCUT2D eigenvalue weighted by Gasteiger charge is 2.22. The molecule has 0 spiro atoms. The van der Waals surface area contributed by atoms with Crippen LogP contribution in [0.15, 0.2) is 16.3 Å². The van der Waals surface area contributed by atoms with Gasteiger partial charge in [-0.3, -0.25) is 0 Å². The van der Waals surface area contributed by atoms with E-state index in [1.165, 1.54) is 23.5 Å². The van der Waals surface area contributed by atoms with E-state index in [1.807, 2.05) is 6.07 Å². The van der Waals surface area contributed by atoms with E-state index in [0.29, 0.717) is 4.88 Å². The fourth-order valence-corrected chi connectivity index (χ4v) is 3.75. The third-order valence-corrected chi connectivity index (χ3v) is 5.24. The zero-order chi connectivity index (χ0) is 11.5. The summed E-state index contributed by atoms with van der Waals surface area (Å²) in [6.45, 7) is 0.254. The summed E-state index contributed by atoms with van der Waals surface area (Å²) in [5.74, 6) is 0.242. The number of halogens is 1. The molecule has 0 bridgehead atoms. The van der Waals surface area contributed by atoms with Crippen LogP contribution in [0.1, 0.15) is 4.88 Å². The second kappa shape index (κ2) is 4.94. The van der Waals surface area contributed by atoms with Gasteiger partial charge < -0.3 is 0 Å². The number of nitrogens with zero attached hydrogens (tertiary/aromatic N) is 2. The number of hydrogen-bond acceptors (Lipinski definition) is 4. The maximum atomic E-state index is 11.8. The Morgan fingerprint density at radius 1 is 1.60 bits per heavy atom. The molecule has 0 aromatic carbocycles. The van der Waals surface area contributed by atoms with Crippen LogP contribution < -0.4 is 0 Å². The molecule has 0 fully saturated rings. The zero-order valence-electron chi connectivity index (χ0n) is 7.97. The molecule has 1 heterocycles. The van der Waals surface area contributed by atoms with Crippen molar-refractivity contribution in [3.63, 3.8) is 0 Å². The number of thiophene rings is 1. The second-order valence-corrected chi connectivity index (χ2v) is 6.48. The molecule has 0 unspecified atom stereocenters. The van der Waals surface area contributed by atoms with Crippen molar-refractivity contribution in [1.82, 2.24) is 4.31 Å². The van der Waals surface area contributed by atoms with Crippen LogP contribution >= 0.6 is 22.9 Å². The molecule has 1 aromatic heterocycles. The molecule has 15 heavy (non-hydrogen) atoms. The van der Waals surface area contributed by atoms with Gasteiger partial charge in [-0.25, -0.2) is 8.42 Å². The lowest BCUT2D eigenvalue weighted by atomic mass is 10.5. The Balaban J connectivity index is 3.01. The predicted octanol–water partition coefficient (Wildman–Crippen LogP) is 1.48. The zero-order valence-corrected chi connectivity index (χ0v) is 10.4. The Bertz CT molecular complexity index is 475. The molecule has 82 valence electrons. The quantitative estimate of drug-likeness (QED) is 0.774. The van der Waals surface area contributed by atoms with Gasteiger partial charge in [0.25, 0.3) is 10.0 Å². The molecule has 0 radical (unpaired) electrons. The fourth-order valence-electron chi connectivity index (χ4n) is 0.912. The standard InChI is InChI=1S/C8H9ClN2O2S2/c1-11(5-4-9)15(12,13)8-3-2-7(6-10)14-8/h2-3H,4-5H2,1H3. The highest BCUT2D eigenvalue weighted by atomic mass is 35.5. The summed E-state index contributed by atoms with van der Waals surface area (Å²) >= 11 is 6.43. The van der Waals surface area contributed by atoms with Gasteiger partial charge in [-0.15, -0.1) is 22.9 Å². The second-order valence-electron chi connectivity index (χ2n) is 2.75. The smallest absolute Gasteiger partial charge is 0.206 e. The van der Waals surface area contributed by atoms with Crippen molar-refractivity contribution in [2.75, 3.05) is 19.5 Å². The Morgan fingerprint density at radius 3 is 2.73 bits per heavy atom. The Morgan fingerprint density at radius 2 is 2.27 bits per heavy atom. The van der Waals surface area contributed by atoms with Crippen LogP contribution in [0, 0.1) is 11.3 Å². The van der Waals surface area contributed by atoms with Crippen molar-refractivity contribution in [1.29, 1.82) is 5.26 Å². The summed E-state index contributed by atoms with van der Waals surface area (Å²) < 4.78 is 25.0. The molecular weight excluding hydrogens is 256 g/mol. The van der Waals surface area contributed by atoms with Crippen molar-refractivity contribution >= 4 is 33.0 Å². The van der Waals surface area contributed by atoms with Gasteiger partial charge in [0.1, 0.15) is 15.2 Å². The van der Waals surface area contributed by atoms with Crippen LogP contribution in [0.2, 0.25) is 0 Å². The van der Waals surface area contributed by atoms with Crippen molar-refractivity contribution in [2.24, 2.45) is 0 Å². The van der Waals surface area contributed by atoms with Crippen LogP contribution in [0.5, 0.6) is 0 Å². The maximum Gasteiger partial charge on any atom is 0.252 e. The lowest BCUT2D eigenvalue weighted by Crippen LogP contribution is -2.28. The minimum absolute atomic E-state index is 0.173. The van der Waals surface area contributed by atoms with E-state index in [0.717, 1.165) is 11.3 Å². The van der Waals surface area contributed by atoms with Gasteiger partial charge in [-0.1, -0.05) is 0 Å². The topological polar surface area (TPSA) is 61.2 Å². The average Bonchev–Trinajstić information content (AvgIpc) is 2.66. The predicted molar refractivity (Wildman–Crippen MR) is 59.6 cm³/mol. The van der Waals surface area contributed by atoms with Crippen LogP contribution in [0.4, 0.5) is 0 Å². The van der Waals surface area contributed by atoms with Gasteiger partial charge >= 0.3 is 0 Å². The van der Waals surface area contributed by atoms with E-state index in [2.05, 4.69) is 0 Å². The third-order valence-electron chi connectivity index (χ3n) is 1.76. The molecule has 0 aliphatic rings. The summed E-state index contributed by atoms with van der Waals surface area (Å²) in [6.07, 6.45) is 0. The molecule has 0 N–H and O–H groups in total. The average molecular weight is 265 g/mol. The lowest BCUT2D eigenvalue weighted by Gasteiger charge is -2.13. The van der Waals surface area contributed by atoms with Crippen LogP contribution in [-0.2, 0) is 10.0 Å². The monoisotopic (exact) mass is 264 g/mol. The highest BCUT2D eigenvalue weighted by Crippen LogP contribution is 2.23. The van der Waals surface area contributed by atoms with E-state index in [9.17, 15) is 8.42 Å². The first-order valence-electron chi connectivity index (χ1n) is 4.04. The normalized spacial score (nSPS) is 11.6. The highest BCUT2D eigenvalue weighted by molar-refractivity contribution is 7.91. The number of rotatable bonds is 4. The molecule has 0 amide bonds. The number of hydrogen-bond donors (Lipinski definition) is 0. The van der Waals surface area contributed by atoms with Crippen molar-refractivity contribution < 1.29 is 8.42 Å². The minimum Gasteiger partial charge on any atom is -0.206 e. The Labute approximate surface area is 97.7 Å². The molecule has 0 aliphatic carbocycles. The van der Waals surface area contributed by atoms with E-state index in [4.69, 9.17) is 16.9 Å². The van der Waals surface area contributed by atoms with Crippen molar-refractivity contribution in [3.8, 4) is 6.07 Å². The Hall–Kier alpha value is -0.610. The first-order chi connectivity index (χ1) is 7.02. The van der Waals surface area contributed by atoms with E-state index in [1.54, 1.807) is 0 Å². The summed E-state index contributed by atoms with van der Waals surface area (Å²) in [5.41, 5.74) is 0. The van der Waals surface area contributed by atoms with Crippen molar-refractivity contribution in [3.05, 3.63) is 17.0 Å². The summed E-state index contributed by atoms with van der Waals surface area (Å²) in [4.78, 5) is 0.382. The Kier molecular flexibility index (Phi) is 4.11. The summed E-state index contributed by atoms with van der Waals surface area (Å²) in [7, 11) is -2.01. The minimum atomic E-state index is -3.47. The molecule has 1 rings (SSSR count). The van der Waals surface area contributed by atoms with Crippen LogP contribution in [0.3, 0.4) is 0 Å². The molecule has 0 atom stereocenters. The van der Waals surface area contributed by atoms with Gasteiger partial charge in [0.05, 0.1) is 0 Å². The summed E-state index contributed by atoms with van der Waals surface area (Å²) in [5, 5.41) is 8.59. The molecule has 7 heteroatoms.